The van der Waals surface area contributed by atoms with Crippen LogP contribution < -0.4 is 0 Å². The van der Waals surface area contributed by atoms with E-state index in [2.05, 4.69) is 11.0 Å². The van der Waals surface area contributed by atoms with Crippen LogP contribution in [0.2, 0.25) is 0 Å². The van der Waals surface area contributed by atoms with Crippen molar-refractivity contribution in [3.05, 3.63) is 21.4 Å². The Labute approximate surface area is 165 Å². The minimum Gasteiger partial charge on any atom is -0.391 e. The van der Waals surface area contributed by atoms with E-state index in [-0.39, 0.29) is 17.6 Å². The number of thiophene rings is 1. The van der Waals surface area contributed by atoms with Crippen LogP contribution in [0.15, 0.2) is 6.07 Å². The first-order valence-corrected chi connectivity index (χ1v) is 11.4. The molecule has 2 saturated heterocycles. The van der Waals surface area contributed by atoms with Crippen LogP contribution >= 0.6 is 11.3 Å². The van der Waals surface area contributed by atoms with Gasteiger partial charge in [0.1, 0.15) is 5.60 Å². The highest BCUT2D eigenvalue weighted by molar-refractivity contribution is 7.14. The quantitative estimate of drug-likeness (QED) is 0.844. The van der Waals surface area contributed by atoms with Gasteiger partial charge in [-0.1, -0.05) is 12.8 Å². The van der Waals surface area contributed by atoms with Gasteiger partial charge in [-0.05, 0) is 50.2 Å². The van der Waals surface area contributed by atoms with E-state index < -0.39 is 0 Å². The Balaban J connectivity index is 1.34. The lowest BCUT2D eigenvalue weighted by atomic mass is 9.84. The lowest BCUT2D eigenvalue weighted by molar-refractivity contribution is -0.0996. The molecular formula is C21H30N2O3S. The summed E-state index contributed by atoms with van der Waals surface area (Å²) in [6.45, 7) is 4.14. The zero-order valence-corrected chi connectivity index (χ0v) is 16.8. The Morgan fingerprint density at radius 2 is 1.96 bits per heavy atom. The Morgan fingerprint density at radius 1 is 1.19 bits per heavy atom. The van der Waals surface area contributed by atoms with E-state index in [1.807, 2.05) is 0 Å². The van der Waals surface area contributed by atoms with Crippen molar-refractivity contribution >= 4 is 17.2 Å². The predicted octanol–water partition coefficient (Wildman–Crippen LogP) is 2.76. The number of piperidine rings is 1. The number of amides is 1. The van der Waals surface area contributed by atoms with Crippen LogP contribution in [0.4, 0.5) is 0 Å². The molecular weight excluding hydrogens is 360 g/mol. The van der Waals surface area contributed by atoms with E-state index in [0.717, 1.165) is 49.9 Å². The molecule has 1 spiro atoms. The molecule has 6 heteroatoms. The monoisotopic (exact) mass is 390 g/mol. The molecule has 0 aromatic carbocycles. The summed E-state index contributed by atoms with van der Waals surface area (Å²) >= 11 is 1.65. The SMILES string of the molecule is O=C(c1cc2c(s1)C1(CCN(C3CCCC3)CC1)OCC2)N1CCC(O)C1. The third-order valence-corrected chi connectivity index (χ3v) is 8.43. The van der Waals surface area contributed by atoms with E-state index >= 15 is 0 Å². The third kappa shape index (κ3) is 3.24. The summed E-state index contributed by atoms with van der Waals surface area (Å²) in [4.78, 5) is 19.5. The average molecular weight is 391 g/mol. The van der Waals surface area contributed by atoms with Gasteiger partial charge < -0.3 is 19.6 Å². The van der Waals surface area contributed by atoms with Gasteiger partial charge in [0.25, 0.3) is 5.91 Å². The molecule has 1 atom stereocenters. The molecule has 1 amide bonds. The fraction of sp³-hybridized carbons (Fsp3) is 0.762. The number of carbonyl (C=O) groups excluding carboxylic acids is 1. The van der Waals surface area contributed by atoms with Gasteiger partial charge in [0.05, 0.1) is 17.6 Å². The molecule has 3 aliphatic heterocycles. The Morgan fingerprint density at radius 3 is 2.67 bits per heavy atom. The molecule has 1 aromatic heterocycles. The van der Waals surface area contributed by atoms with Crippen LogP contribution in [-0.2, 0) is 16.8 Å². The molecule has 4 aliphatic rings. The number of ether oxygens (including phenoxy) is 1. The van der Waals surface area contributed by atoms with Gasteiger partial charge in [0, 0.05) is 37.1 Å². The van der Waals surface area contributed by atoms with Crippen molar-refractivity contribution in [2.75, 3.05) is 32.8 Å². The first-order chi connectivity index (χ1) is 13.1. The van der Waals surface area contributed by atoms with Crippen molar-refractivity contribution in [2.45, 2.75) is 69.1 Å². The van der Waals surface area contributed by atoms with Gasteiger partial charge in [-0.2, -0.15) is 0 Å². The van der Waals surface area contributed by atoms with Gasteiger partial charge >= 0.3 is 0 Å². The highest BCUT2D eigenvalue weighted by Crippen LogP contribution is 2.46. The maximum Gasteiger partial charge on any atom is 0.264 e. The zero-order valence-electron chi connectivity index (χ0n) is 16.0. The average Bonchev–Trinajstić information content (AvgIpc) is 3.43. The minimum absolute atomic E-state index is 0.0875. The number of β-amino-alcohol motifs (C(OH)–C–C–N with tert-alkyl or cyclic N) is 1. The molecule has 1 aliphatic carbocycles. The summed E-state index contributed by atoms with van der Waals surface area (Å²) in [7, 11) is 0. The van der Waals surface area contributed by atoms with Crippen molar-refractivity contribution < 1.29 is 14.6 Å². The summed E-state index contributed by atoms with van der Waals surface area (Å²) < 4.78 is 6.40. The second kappa shape index (κ2) is 7.14. The fourth-order valence-electron chi connectivity index (χ4n) is 5.50. The smallest absolute Gasteiger partial charge is 0.264 e. The number of aliphatic hydroxyl groups is 1. The summed E-state index contributed by atoms with van der Waals surface area (Å²) in [6.07, 6.45) is 8.83. The van der Waals surface area contributed by atoms with Crippen molar-refractivity contribution in [2.24, 2.45) is 0 Å². The normalized spacial score (nSPS) is 28.8. The first kappa shape index (κ1) is 18.1. The first-order valence-electron chi connectivity index (χ1n) is 10.6. The summed E-state index contributed by atoms with van der Waals surface area (Å²) in [5.41, 5.74) is 1.15. The number of nitrogens with zero attached hydrogens (tertiary/aromatic N) is 2. The predicted molar refractivity (Wildman–Crippen MR) is 105 cm³/mol. The van der Waals surface area contributed by atoms with Crippen LogP contribution in [0.1, 0.15) is 65.1 Å². The van der Waals surface area contributed by atoms with E-state index in [1.165, 1.54) is 36.1 Å². The van der Waals surface area contributed by atoms with Crippen LogP contribution in [0, 0.1) is 0 Å². The molecule has 1 N–H and O–H groups in total. The number of rotatable bonds is 2. The maximum absolute atomic E-state index is 12.9. The maximum atomic E-state index is 12.9. The number of hydrogen-bond acceptors (Lipinski definition) is 5. The largest absolute Gasteiger partial charge is 0.391 e. The topological polar surface area (TPSA) is 53.0 Å². The molecule has 1 aromatic rings. The number of hydrogen-bond donors (Lipinski definition) is 1. The molecule has 4 heterocycles. The summed E-state index contributed by atoms with van der Waals surface area (Å²) in [5.74, 6) is 0.0875. The van der Waals surface area contributed by atoms with Crippen molar-refractivity contribution in [3.8, 4) is 0 Å². The van der Waals surface area contributed by atoms with Crippen LogP contribution in [-0.4, -0.2) is 65.7 Å². The molecule has 27 heavy (non-hydrogen) atoms. The van der Waals surface area contributed by atoms with E-state index in [1.54, 1.807) is 16.2 Å². The van der Waals surface area contributed by atoms with E-state index in [0.29, 0.717) is 19.5 Å². The lowest BCUT2D eigenvalue weighted by Gasteiger charge is -2.45. The van der Waals surface area contributed by atoms with Gasteiger partial charge in [0.2, 0.25) is 0 Å². The molecule has 1 unspecified atom stereocenters. The molecule has 1 saturated carbocycles. The highest BCUT2D eigenvalue weighted by atomic mass is 32.1. The third-order valence-electron chi connectivity index (χ3n) is 7.08. The molecule has 0 radical (unpaired) electrons. The van der Waals surface area contributed by atoms with Crippen molar-refractivity contribution in [3.63, 3.8) is 0 Å². The van der Waals surface area contributed by atoms with Crippen LogP contribution in [0.5, 0.6) is 0 Å². The van der Waals surface area contributed by atoms with Crippen molar-refractivity contribution in [1.29, 1.82) is 0 Å². The Bertz CT molecular complexity index is 704. The number of aliphatic hydroxyl groups excluding tert-OH is 1. The van der Waals surface area contributed by atoms with Gasteiger partial charge in [-0.25, -0.2) is 0 Å². The zero-order chi connectivity index (χ0) is 18.4. The minimum atomic E-state index is -0.363. The second-order valence-electron chi connectivity index (χ2n) is 8.73. The Kier molecular flexibility index (Phi) is 4.79. The highest BCUT2D eigenvalue weighted by Gasteiger charge is 2.44. The number of carbonyl (C=O) groups is 1. The fourth-order valence-corrected chi connectivity index (χ4v) is 6.88. The molecule has 5 nitrogen and oxygen atoms in total. The summed E-state index contributed by atoms with van der Waals surface area (Å²) in [6, 6.07) is 2.90. The van der Waals surface area contributed by atoms with Crippen LogP contribution in [0.3, 0.4) is 0 Å². The molecule has 5 rings (SSSR count). The number of fused-ring (bicyclic) bond motifs is 2. The van der Waals surface area contributed by atoms with Crippen LogP contribution in [0.25, 0.3) is 0 Å². The molecule has 0 bridgehead atoms. The standard InChI is InChI=1S/C21H30N2O3S/c24-17-5-9-23(14-17)20(25)18-13-15-6-12-26-21(19(15)27-18)7-10-22(11-8-21)16-3-1-2-4-16/h13,16-17,24H,1-12,14H2. The number of likely N-dealkylation sites (tertiary alicyclic amines) is 2. The molecule has 3 fully saturated rings. The van der Waals surface area contributed by atoms with Crippen molar-refractivity contribution in [1.82, 2.24) is 9.80 Å². The lowest BCUT2D eigenvalue weighted by Crippen LogP contribution is -2.48. The van der Waals surface area contributed by atoms with Gasteiger partial charge in [-0.15, -0.1) is 11.3 Å². The van der Waals surface area contributed by atoms with E-state index in [4.69, 9.17) is 4.74 Å². The van der Waals surface area contributed by atoms with E-state index in [9.17, 15) is 9.90 Å². The molecule has 148 valence electrons. The summed E-state index contributed by atoms with van der Waals surface area (Å²) in [5, 5.41) is 9.76. The van der Waals surface area contributed by atoms with Gasteiger partial charge in [-0.3, -0.25) is 4.79 Å². The Hall–Kier alpha value is -0.950. The second-order valence-corrected chi connectivity index (χ2v) is 9.78. The van der Waals surface area contributed by atoms with Gasteiger partial charge in [0.15, 0.2) is 0 Å².